The van der Waals surface area contributed by atoms with Crippen molar-refractivity contribution in [3.8, 4) is 6.07 Å². The minimum atomic E-state index is -1.20. The van der Waals surface area contributed by atoms with Crippen LogP contribution in [0.4, 0.5) is 5.69 Å². The standard InChI is InChI=1S/C23H27N3O3.Na/c1-26(20-9-7-19(8-10-20)22(27)28)21(23(29)12-14-25-15-13-23)11-6-17-2-4-18(16-24)5-3-17;/h2-5,7-10,21,25,29H,6,11-15H2,1H3,(H,27,28);/q;+1/p-1. The Hall–Kier alpha value is -1.88. The predicted octanol–water partition coefficient (Wildman–Crippen LogP) is -1.52. The van der Waals surface area contributed by atoms with Crippen LogP contribution in [0.2, 0.25) is 0 Å². The Labute approximate surface area is 199 Å². The summed E-state index contributed by atoms with van der Waals surface area (Å²) in [4.78, 5) is 13.1. The molecule has 30 heavy (non-hydrogen) atoms. The Kier molecular flexibility index (Phi) is 8.90. The van der Waals surface area contributed by atoms with Crippen LogP contribution in [-0.2, 0) is 6.42 Å². The molecule has 0 amide bonds. The summed E-state index contributed by atoms with van der Waals surface area (Å²) in [7, 11) is 1.94. The molecule has 6 nitrogen and oxygen atoms in total. The molecule has 7 heteroatoms. The number of hydrogen-bond acceptors (Lipinski definition) is 6. The average molecular weight is 415 g/mol. The number of anilines is 1. The molecule has 1 saturated heterocycles. The maximum Gasteiger partial charge on any atom is 1.00 e. The summed E-state index contributed by atoms with van der Waals surface area (Å²) in [5, 5.41) is 34.7. The second-order valence-corrected chi connectivity index (χ2v) is 7.66. The van der Waals surface area contributed by atoms with Gasteiger partial charge in [0.2, 0.25) is 0 Å². The number of carbonyl (C=O) groups is 1. The van der Waals surface area contributed by atoms with Crippen LogP contribution in [0.1, 0.15) is 40.7 Å². The summed E-state index contributed by atoms with van der Waals surface area (Å²) < 4.78 is 0. The molecule has 2 aromatic carbocycles. The van der Waals surface area contributed by atoms with Gasteiger partial charge in [-0.1, -0.05) is 24.3 Å². The zero-order valence-electron chi connectivity index (χ0n) is 17.6. The second kappa shape index (κ2) is 10.9. The molecule has 3 rings (SSSR count). The van der Waals surface area contributed by atoms with E-state index in [2.05, 4.69) is 11.4 Å². The van der Waals surface area contributed by atoms with Gasteiger partial charge >= 0.3 is 29.6 Å². The van der Waals surface area contributed by atoms with Crippen molar-refractivity contribution in [3.05, 3.63) is 65.2 Å². The van der Waals surface area contributed by atoms with Crippen molar-refractivity contribution in [2.75, 3.05) is 25.0 Å². The van der Waals surface area contributed by atoms with Crippen LogP contribution >= 0.6 is 0 Å². The van der Waals surface area contributed by atoms with Crippen LogP contribution in [0.3, 0.4) is 0 Å². The Morgan fingerprint density at radius 2 is 1.80 bits per heavy atom. The van der Waals surface area contributed by atoms with Crippen LogP contribution in [0.15, 0.2) is 48.5 Å². The van der Waals surface area contributed by atoms with Gasteiger partial charge in [-0.15, -0.1) is 0 Å². The third-order valence-electron chi connectivity index (χ3n) is 5.86. The quantitative estimate of drug-likeness (QED) is 0.533. The van der Waals surface area contributed by atoms with Crippen molar-refractivity contribution >= 4 is 11.7 Å². The number of likely N-dealkylation sites (N-methyl/N-ethyl adjacent to an activating group) is 1. The van der Waals surface area contributed by atoms with Crippen LogP contribution < -0.4 is 44.9 Å². The molecule has 2 N–H and O–H groups in total. The maximum atomic E-state index is 11.4. The zero-order chi connectivity index (χ0) is 20.9. The molecule has 1 aliphatic rings. The van der Waals surface area contributed by atoms with Gasteiger partial charge in [0.25, 0.3) is 0 Å². The summed E-state index contributed by atoms with van der Waals surface area (Å²) in [6.45, 7) is 1.53. The van der Waals surface area contributed by atoms with E-state index in [4.69, 9.17) is 5.26 Å². The number of hydrogen-bond donors (Lipinski definition) is 2. The summed E-state index contributed by atoms with van der Waals surface area (Å²) in [6.07, 6.45) is 2.83. The van der Waals surface area contributed by atoms with Gasteiger partial charge in [-0.05, 0) is 74.2 Å². The zero-order valence-corrected chi connectivity index (χ0v) is 19.6. The van der Waals surface area contributed by atoms with Crippen molar-refractivity contribution in [1.29, 1.82) is 5.26 Å². The van der Waals surface area contributed by atoms with Gasteiger partial charge in [-0.3, -0.25) is 0 Å². The van der Waals surface area contributed by atoms with E-state index in [9.17, 15) is 15.0 Å². The van der Waals surface area contributed by atoms with Gasteiger partial charge in [0, 0.05) is 12.7 Å². The largest absolute Gasteiger partial charge is 1.00 e. The third kappa shape index (κ3) is 5.84. The van der Waals surface area contributed by atoms with E-state index in [-0.39, 0.29) is 41.2 Å². The number of nitriles is 1. The number of nitrogens with one attached hydrogen (secondary N) is 1. The van der Waals surface area contributed by atoms with Crippen molar-refractivity contribution in [2.24, 2.45) is 0 Å². The summed E-state index contributed by atoms with van der Waals surface area (Å²) in [5.41, 5.74) is 1.91. The van der Waals surface area contributed by atoms with E-state index in [0.29, 0.717) is 18.4 Å². The van der Waals surface area contributed by atoms with Crippen LogP contribution in [0, 0.1) is 11.3 Å². The number of aliphatic hydroxyl groups is 1. The number of nitrogens with zero attached hydrogens (tertiary/aromatic N) is 2. The fraction of sp³-hybridized carbons (Fsp3) is 0.391. The van der Waals surface area contributed by atoms with Gasteiger partial charge in [0.05, 0.1) is 29.2 Å². The Balaban J connectivity index is 0.00000320. The first-order valence-corrected chi connectivity index (χ1v) is 9.89. The first-order valence-electron chi connectivity index (χ1n) is 9.89. The molecule has 0 aromatic heterocycles. The number of carbonyl (C=O) groups excluding carboxylic acids is 1. The Morgan fingerprint density at radius 3 is 2.33 bits per heavy atom. The fourth-order valence-electron chi connectivity index (χ4n) is 4.08. The van der Waals surface area contributed by atoms with Crippen LogP contribution in [-0.4, -0.2) is 42.9 Å². The molecule has 1 unspecified atom stereocenters. The van der Waals surface area contributed by atoms with E-state index in [1.54, 1.807) is 12.1 Å². The molecule has 152 valence electrons. The number of carboxylic acid groups (broad SMARTS) is 1. The first-order chi connectivity index (χ1) is 13.9. The Bertz CT molecular complexity index is 872. The number of piperidine rings is 1. The summed E-state index contributed by atoms with van der Waals surface area (Å²) in [6, 6.07) is 16.1. The van der Waals surface area contributed by atoms with E-state index < -0.39 is 11.6 Å². The molecule has 0 radical (unpaired) electrons. The molecule has 1 atom stereocenters. The normalized spacial score (nSPS) is 16.0. The van der Waals surface area contributed by atoms with Gasteiger partial charge in [-0.25, -0.2) is 0 Å². The number of rotatable bonds is 7. The Morgan fingerprint density at radius 1 is 1.20 bits per heavy atom. The molecule has 0 spiro atoms. The molecule has 1 fully saturated rings. The predicted molar refractivity (Wildman–Crippen MR) is 109 cm³/mol. The maximum absolute atomic E-state index is 11.4. The monoisotopic (exact) mass is 415 g/mol. The van der Waals surface area contributed by atoms with Crippen LogP contribution in [0.25, 0.3) is 0 Å². The smallest absolute Gasteiger partial charge is 0.545 e. The number of aromatic carboxylic acids is 1. The van der Waals surface area contributed by atoms with Crippen LogP contribution in [0.5, 0.6) is 0 Å². The van der Waals surface area contributed by atoms with Crippen molar-refractivity contribution in [3.63, 3.8) is 0 Å². The second-order valence-electron chi connectivity index (χ2n) is 7.66. The van der Waals surface area contributed by atoms with Crippen molar-refractivity contribution < 1.29 is 44.6 Å². The van der Waals surface area contributed by atoms with E-state index in [0.717, 1.165) is 37.2 Å². The molecule has 0 aliphatic carbocycles. The molecule has 1 heterocycles. The fourth-order valence-corrected chi connectivity index (χ4v) is 4.08. The van der Waals surface area contributed by atoms with E-state index >= 15 is 0 Å². The number of benzene rings is 2. The molecule has 0 bridgehead atoms. The SMILES string of the molecule is CN(c1ccc(C(=O)[O-])cc1)C(CCc1ccc(C#N)cc1)C1(O)CCNCC1.[Na+]. The van der Waals surface area contributed by atoms with Gasteiger partial charge in [0.1, 0.15) is 0 Å². The van der Waals surface area contributed by atoms with Gasteiger partial charge in [0.15, 0.2) is 0 Å². The van der Waals surface area contributed by atoms with Crippen molar-refractivity contribution in [2.45, 2.75) is 37.3 Å². The van der Waals surface area contributed by atoms with Gasteiger partial charge in [-0.2, -0.15) is 5.26 Å². The third-order valence-corrected chi connectivity index (χ3v) is 5.86. The molecular weight excluding hydrogens is 389 g/mol. The topological polar surface area (TPSA) is 99.4 Å². The molecule has 2 aromatic rings. The summed E-state index contributed by atoms with van der Waals surface area (Å²) in [5.74, 6) is -1.20. The number of carboxylic acids is 1. The average Bonchev–Trinajstić information content (AvgIpc) is 2.74. The summed E-state index contributed by atoms with van der Waals surface area (Å²) >= 11 is 0. The van der Waals surface area contributed by atoms with Crippen molar-refractivity contribution in [1.82, 2.24) is 5.32 Å². The van der Waals surface area contributed by atoms with E-state index in [1.807, 2.05) is 36.2 Å². The molecular formula is C23H26N3NaO3. The number of aryl methyl sites for hydroxylation is 1. The molecule has 0 saturated carbocycles. The minimum Gasteiger partial charge on any atom is -0.545 e. The minimum absolute atomic E-state index is 0. The first kappa shape index (κ1) is 24.4. The van der Waals surface area contributed by atoms with Gasteiger partial charge < -0.3 is 25.2 Å². The molecule has 1 aliphatic heterocycles. The van der Waals surface area contributed by atoms with E-state index in [1.165, 1.54) is 12.1 Å².